The van der Waals surface area contributed by atoms with Gasteiger partial charge in [0, 0.05) is 22.3 Å². The number of hydrazine groups is 1. The molecule has 0 bridgehead atoms. The fourth-order valence-electron chi connectivity index (χ4n) is 3.37. The Bertz CT molecular complexity index is 1170. The number of amides is 1. The number of nitrogens with zero attached hydrogens (tertiary/aromatic N) is 1. The molecule has 29 heavy (non-hydrogen) atoms. The standard InChI is InChI=1S/C24H18N2O3/c1-15(2)24(29)26(25-16-9-4-3-5-10-16)20-14-8-13-19-21(20)23(28)18-12-7-6-11-17(18)22(19)27/h3-14,25H,1H2,2H3. The first kappa shape index (κ1) is 18.4. The second-order valence-electron chi connectivity index (χ2n) is 6.80. The molecule has 0 fully saturated rings. The number of ketones is 2. The average Bonchev–Trinajstić information content (AvgIpc) is 2.75. The zero-order valence-electron chi connectivity index (χ0n) is 15.8. The van der Waals surface area contributed by atoms with Crippen molar-refractivity contribution in [2.45, 2.75) is 6.92 Å². The molecule has 4 rings (SSSR count). The maximum atomic E-state index is 13.3. The third kappa shape index (κ3) is 3.12. The summed E-state index contributed by atoms with van der Waals surface area (Å²) in [4.78, 5) is 39.2. The normalized spacial score (nSPS) is 12.0. The highest BCUT2D eigenvalue weighted by molar-refractivity contribution is 6.31. The van der Waals surface area contributed by atoms with Crippen LogP contribution in [0.2, 0.25) is 0 Å². The summed E-state index contributed by atoms with van der Waals surface area (Å²) in [7, 11) is 0. The Hall–Kier alpha value is -3.99. The molecule has 0 spiro atoms. The van der Waals surface area contributed by atoms with Crippen LogP contribution in [0, 0.1) is 0 Å². The molecule has 1 N–H and O–H groups in total. The van der Waals surface area contributed by atoms with Crippen LogP contribution < -0.4 is 10.4 Å². The Labute approximate surface area is 168 Å². The van der Waals surface area contributed by atoms with Crippen molar-refractivity contribution in [3.05, 3.63) is 107 Å². The van der Waals surface area contributed by atoms with E-state index in [0.29, 0.717) is 28.1 Å². The molecule has 0 aliphatic heterocycles. The number of para-hydroxylation sites is 1. The zero-order chi connectivity index (χ0) is 20.5. The minimum absolute atomic E-state index is 0.203. The number of benzene rings is 3. The fraction of sp³-hybridized carbons (Fsp3) is 0.0417. The van der Waals surface area contributed by atoms with Gasteiger partial charge in [-0.15, -0.1) is 0 Å². The second kappa shape index (κ2) is 7.20. The number of fused-ring (bicyclic) bond motifs is 2. The Balaban J connectivity index is 1.89. The highest BCUT2D eigenvalue weighted by Gasteiger charge is 2.34. The SMILES string of the molecule is C=C(C)C(=O)N(Nc1ccccc1)c1cccc2c1C(=O)c1ccccc1C2=O. The summed E-state index contributed by atoms with van der Waals surface area (Å²) in [5, 5.41) is 1.27. The molecule has 0 unspecified atom stereocenters. The third-order valence-electron chi connectivity index (χ3n) is 4.75. The zero-order valence-corrected chi connectivity index (χ0v) is 15.8. The maximum Gasteiger partial charge on any atom is 0.271 e. The lowest BCUT2D eigenvalue weighted by molar-refractivity contribution is -0.114. The average molecular weight is 382 g/mol. The van der Waals surface area contributed by atoms with Gasteiger partial charge in [0.1, 0.15) is 0 Å². The molecule has 0 atom stereocenters. The lowest BCUT2D eigenvalue weighted by Crippen LogP contribution is -2.38. The van der Waals surface area contributed by atoms with E-state index in [1.54, 1.807) is 61.5 Å². The summed E-state index contributed by atoms with van der Waals surface area (Å²) in [5.41, 5.74) is 5.50. The van der Waals surface area contributed by atoms with E-state index in [-0.39, 0.29) is 22.7 Å². The van der Waals surface area contributed by atoms with Crippen molar-refractivity contribution in [1.29, 1.82) is 0 Å². The van der Waals surface area contributed by atoms with Gasteiger partial charge < -0.3 is 0 Å². The number of hydrogen-bond acceptors (Lipinski definition) is 4. The molecule has 142 valence electrons. The Morgan fingerprint density at radius 2 is 1.38 bits per heavy atom. The van der Waals surface area contributed by atoms with Crippen LogP contribution in [0.3, 0.4) is 0 Å². The van der Waals surface area contributed by atoms with Crippen LogP contribution in [0.4, 0.5) is 11.4 Å². The second-order valence-corrected chi connectivity index (χ2v) is 6.80. The van der Waals surface area contributed by atoms with Crippen LogP contribution in [-0.4, -0.2) is 17.5 Å². The molecule has 3 aromatic carbocycles. The molecule has 5 nitrogen and oxygen atoms in total. The third-order valence-corrected chi connectivity index (χ3v) is 4.75. The minimum atomic E-state index is -0.402. The van der Waals surface area contributed by atoms with E-state index < -0.39 is 5.91 Å². The van der Waals surface area contributed by atoms with Crippen molar-refractivity contribution in [3.63, 3.8) is 0 Å². The summed E-state index contributed by atoms with van der Waals surface area (Å²) in [6.07, 6.45) is 0. The summed E-state index contributed by atoms with van der Waals surface area (Å²) in [6, 6.07) is 20.8. The van der Waals surface area contributed by atoms with Crippen LogP contribution >= 0.6 is 0 Å². The van der Waals surface area contributed by atoms with Crippen molar-refractivity contribution in [3.8, 4) is 0 Å². The van der Waals surface area contributed by atoms with Crippen molar-refractivity contribution in [1.82, 2.24) is 0 Å². The van der Waals surface area contributed by atoms with E-state index in [2.05, 4.69) is 12.0 Å². The molecular formula is C24H18N2O3. The molecule has 3 aromatic rings. The molecule has 0 saturated carbocycles. The van der Waals surface area contributed by atoms with Gasteiger partial charge in [-0.1, -0.05) is 61.2 Å². The molecule has 1 aliphatic carbocycles. The van der Waals surface area contributed by atoms with Gasteiger partial charge >= 0.3 is 0 Å². The number of rotatable bonds is 4. The quantitative estimate of drug-likeness (QED) is 0.420. The van der Waals surface area contributed by atoms with Crippen molar-refractivity contribution in [2.24, 2.45) is 0 Å². The smallest absolute Gasteiger partial charge is 0.271 e. The van der Waals surface area contributed by atoms with Crippen molar-refractivity contribution in [2.75, 3.05) is 10.4 Å². The van der Waals surface area contributed by atoms with Gasteiger partial charge in [0.15, 0.2) is 11.6 Å². The molecule has 1 amide bonds. The van der Waals surface area contributed by atoms with Gasteiger partial charge in [0.25, 0.3) is 5.91 Å². The van der Waals surface area contributed by atoms with Gasteiger partial charge in [-0.2, -0.15) is 0 Å². The molecule has 0 heterocycles. The lowest BCUT2D eigenvalue weighted by atomic mass is 9.83. The maximum absolute atomic E-state index is 13.3. The topological polar surface area (TPSA) is 66.5 Å². The van der Waals surface area contributed by atoms with Gasteiger partial charge in [-0.3, -0.25) is 19.8 Å². The molecule has 1 aliphatic rings. The number of carbonyl (C=O) groups excluding carboxylic acids is 3. The van der Waals surface area contributed by atoms with E-state index in [1.807, 2.05) is 18.2 Å². The summed E-state index contributed by atoms with van der Waals surface area (Å²) < 4.78 is 0. The first-order valence-corrected chi connectivity index (χ1v) is 9.12. The largest absolute Gasteiger partial charge is 0.291 e. The van der Waals surface area contributed by atoms with Crippen LogP contribution in [-0.2, 0) is 4.79 Å². The van der Waals surface area contributed by atoms with Crippen molar-refractivity contribution >= 4 is 28.8 Å². The first-order chi connectivity index (χ1) is 14.0. The summed E-state index contributed by atoms with van der Waals surface area (Å²) in [5.74, 6) is -0.930. The van der Waals surface area contributed by atoms with E-state index in [9.17, 15) is 14.4 Å². The summed E-state index contributed by atoms with van der Waals surface area (Å²) in [6.45, 7) is 5.34. The van der Waals surface area contributed by atoms with Crippen LogP contribution in [0.25, 0.3) is 0 Å². The van der Waals surface area contributed by atoms with E-state index in [0.717, 1.165) is 0 Å². The van der Waals surface area contributed by atoms with Crippen LogP contribution in [0.5, 0.6) is 0 Å². The predicted molar refractivity (Wildman–Crippen MR) is 112 cm³/mol. The van der Waals surface area contributed by atoms with Crippen LogP contribution in [0.15, 0.2) is 84.9 Å². The minimum Gasteiger partial charge on any atom is -0.291 e. The predicted octanol–water partition coefficient (Wildman–Crippen LogP) is 4.40. The number of carbonyl (C=O) groups is 3. The number of hydrogen-bond donors (Lipinski definition) is 1. The molecule has 0 aromatic heterocycles. The Morgan fingerprint density at radius 1 is 0.793 bits per heavy atom. The monoisotopic (exact) mass is 382 g/mol. The first-order valence-electron chi connectivity index (χ1n) is 9.12. The lowest BCUT2D eigenvalue weighted by Gasteiger charge is -2.29. The Kier molecular flexibility index (Phi) is 4.56. The molecule has 5 heteroatoms. The summed E-state index contributed by atoms with van der Waals surface area (Å²) >= 11 is 0. The van der Waals surface area contributed by atoms with Gasteiger partial charge in [0.05, 0.1) is 16.9 Å². The van der Waals surface area contributed by atoms with Gasteiger partial charge in [0.2, 0.25) is 0 Å². The number of anilines is 2. The highest BCUT2D eigenvalue weighted by atomic mass is 16.2. The van der Waals surface area contributed by atoms with Gasteiger partial charge in [-0.25, -0.2) is 5.01 Å². The van der Waals surface area contributed by atoms with E-state index in [4.69, 9.17) is 0 Å². The highest BCUT2D eigenvalue weighted by Crippen LogP contribution is 2.34. The number of nitrogens with one attached hydrogen (secondary N) is 1. The van der Waals surface area contributed by atoms with Gasteiger partial charge in [-0.05, 0) is 25.1 Å². The molecular weight excluding hydrogens is 364 g/mol. The van der Waals surface area contributed by atoms with E-state index >= 15 is 0 Å². The van der Waals surface area contributed by atoms with Crippen molar-refractivity contribution < 1.29 is 14.4 Å². The van der Waals surface area contributed by atoms with Crippen LogP contribution in [0.1, 0.15) is 38.8 Å². The molecule has 0 saturated heterocycles. The fourth-order valence-corrected chi connectivity index (χ4v) is 3.37. The molecule has 0 radical (unpaired) electrons. The Morgan fingerprint density at radius 3 is 2.03 bits per heavy atom. The van der Waals surface area contributed by atoms with E-state index in [1.165, 1.54) is 5.01 Å².